The van der Waals surface area contributed by atoms with Crippen LogP contribution >= 0.6 is 37.1 Å². The van der Waals surface area contributed by atoms with Gasteiger partial charge >= 0.3 is 0 Å². The zero-order valence-electron chi connectivity index (χ0n) is 3.76. The van der Waals surface area contributed by atoms with E-state index in [9.17, 15) is 0 Å². The quantitative estimate of drug-likeness (QED) is 0.398. The second-order valence-electron chi connectivity index (χ2n) is 0.986. The minimum Gasteiger partial charge on any atom is -0.336 e. The molecule has 0 aliphatic heterocycles. The molecule has 0 radical (unpaired) electrons. The van der Waals surface area contributed by atoms with Gasteiger partial charge in [0.15, 0.2) is 0 Å². The van der Waals surface area contributed by atoms with Gasteiger partial charge in [-0.05, 0) is 6.92 Å². The van der Waals surface area contributed by atoms with E-state index in [1.54, 1.807) is 6.92 Å². The molecule has 0 bridgehead atoms. The fourth-order valence-electron chi connectivity index (χ4n) is 0.151. The van der Waals surface area contributed by atoms with Crippen LogP contribution < -0.4 is 5.32 Å². The van der Waals surface area contributed by atoms with Crippen LogP contribution in [0.2, 0.25) is 0 Å². The molecule has 0 heterocycles. The predicted molar refractivity (Wildman–Crippen MR) is 43.0 cm³/mol. The van der Waals surface area contributed by atoms with Gasteiger partial charge in [-0.15, -0.1) is 12.6 Å². The highest BCUT2D eigenvalue weighted by Crippen LogP contribution is 1.77. The van der Waals surface area contributed by atoms with E-state index in [0.29, 0.717) is 9.31 Å². The SMILES string of the molecule is CC(=S)NC(=S)S. The molecule has 1 N–H and O–H groups in total. The summed E-state index contributed by atoms with van der Waals surface area (Å²) in [7, 11) is 0. The zero-order chi connectivity index (χ0) is 5.86. The van der Waals surface area contributed by atoms with Crippen LogP contribution in [0.1, 0.15) is 6.92 Å². The Kier molecular flexibility index (Phi) is 3.50. The van der Waals surface area contributed by atoms with Gasteiger partial charge in [0.1, 0.15) is 4.32 Å². The van der Waals surface area contributed by atoms with Gasteiger partial charge in [0.25, 0.3) is 0 Å². The maximum absolute atomic E-state index is 4.62. The van der Waals surface area contributed by atoms with Crippen LogP contribution in [0.15, 0.2) is 0 Å². The first-order valence-corrected chi connectivity index (χ1v) is 2.90. The summed E-state index contributed by atoms with van der Waals surface area (Å²) < 4.78 is 0.424. The van der Waals surface area contributed by atoms with E-state index in [4.69, 9.17) is 0 Å². The minimum atomic E-state index is 0.424. The molecule has 7 heavy (non-hydrogen) atoms. The van der Waals surface area contributed by atoms with E-state index in [1.165, 1.54) is 0 Å². The van der Waals surface area contributed by atoms with E-state index in [0.717, 1.165) is 0 Å². The summed E-state index contributed by atoms with van der Waals surface area (Å²) in [6.45, 7) is 1.75. The first kappa shape index (κ1) is 7.33. The standard InChI is InChI=1S/C3H5NS3/c1-2(5)4-3(6)7/h1H3,(H2,4,5,6,7). The lowest BCUT2D eigenvalue weighted by molar-refractivity contribution is 1.47. The molecule has 40 valence electrons. The molecule has 0 unspecified atom stereocenters. The molecule has 0 aliphatic carbocycles. The van der Waals surface area contributed by atoms with E-state index in [2.05, 4.69) is 42.4 Å². The lowest BCUT2D eigenvalue weighted by Gasteiger charge is -1.94. The number of hydrogen-bond acceptors (Lipinski definition) is 2. The van der Waals surface area contributed by atoms with Crippen LogP contribution in [0, 0.1) is 0 Å². The third-order valence-electron chi connectivity index (χ3n) is 0.283. The molecule has 0 amide bonds. The molecule has 0 fully saturated rings. The maximum atomic E-state index is 4.62. The molecule has 0 saturated heterocycles. The highest BCUT2D eigenvalue weighted by atomic mass is 32.1. The zero-order valence-corrected chi connectivity index (χ0v) is 6.29. The fraction of sp³-hybridized carbons (Fsp3) is 0.333. The monoisotopic (exact) mass is 151 g/mol. The Labute approximate surface area is 58.9 Å². The largest absolute Gasteiger partial charge is 0.336 e. The van der Waals surface area contributed by atoms with Crippen molar-refractivity contribution in [1.29, 1.82) is 0 Å². The summed E-state index contributed by atoms with van der Waals surface area (Å²) >= 11 is 12.9. The number of nitrogens with one attached hydrogen (secondary N) is 1. The predicted octanol–water partition coefficient (Wildman–Crippen LogP) is 1.14. The molecule has 0 atom stereocenters. The Balaban J connectivity index is 3.32. The molecular formula is C3H5NS3. The van der Waals surface area contributed by atoms with Crippen molar-refractivity contribution in [3.63, 3.8) is 0 Å². The lowest BCUT2D eigenvalue weighted by Crippen LogP contribution is -2.19. The smallest absolute Gasteiger partial charge is 0.135 e. The number of thiocarbonyl (C=S) groups is 2. The van der Waals surface area contributed by atoms with Crippen LogP contribution in [0.3, 0.4) is 0 Å². The second-order valence-corrected chi connectivity index (χ2v) is 2.76. The van der Waals surface area contributed by atoms with E-state index in [1.807, 2.05) is 0 Å². The van der Waals surface area contributed by atoms with Crippen molar-refractivity contribution < 1.29 is 0 Å². The first-order chi connectivity index (χ1) is 3.13. The van der Waals surface area contributed by atoms with Gasteiger partial charge < -0.3 is 5.32 Å². The Morgan fingerprint density at radius 3 is 2.00 bits per heavy atom. The van der Waals surface area contributed by atoms with Crippen LogP contribution in [0.4, 0.5) is 0 Å². The molecule has 0 aromatic heterocycles. The van der Waals surface area contributed by atoms with Gasteiger partial charge in [-0.2, -0.15) is 0 Å². The van der Waals surface area contributed by atoms with Crippen molar-refractivity contribution in [2.24, 2.45) is 0 Å². The van der Waals surface area contributed by atoms with E-state index in [-0.39, 0.29) is 0 Å². The van der Waals surface area contributed by atoms with Crippen LogP contribution in [0.25, 0.3) is 0 Å². The molecule has 4 heteroatoms. The van der Waals surface area contributed by atoms with Gasteiger partial charge in [0.05, 0.1) is 4.99 Å². The van der Waals surface area contributed by atoms with Crippen LogP contribution in [0.5, 0.6) is 0 Å². The molecule has 0 aromatic carbocycles. The summed E-state index contributed by atoms with van der Waals surface area (Å²) in [5.74, 6) is 0. The summed E-state index contributed by atoms with van der Waals surface area (Å²) in [5, 5.41) is 2.63. The normalized spacial score (nSPS) is 7.71. The molecular weight excluding hydrogens is 146 g/mol. The highest BCUT2D eigenvalue weighted by molar-refractivity contribution is 8.11. The number of thiol groups is 1. The van der Waals surface area contributed by atoms with Gasteiger partial charge in [0.2, 0.25) is 0 Å². The molecule has 1 nitrogen and oxygen atoms in total. The summed E-state index contributed by atoms with van der Waals surface area (Å²) in [6, 6.07) is 0. The molecule has 0 saturated carbocycles. The highest BCUT2D eigenvalue weighted by Gasteiger charge is 1.83. The van der Waals surface area contributed by atoms with Gasteiger partial charge in [-0.1, -0.05) is 24.4 Å². The molecule has 0 spiro atoms. The Morgan fingerprint density at radius 2 is 2.00 bits per heavy atom. The van der Waals surface area contributed by atoms with Crippen molar-refractivity contribution in [1.82, 2.24) is 5.32 Å². The van der Waals surface area contributed by atoms with Crippen molar-refractivity contribution >= 4 is 46.4 Å². The van der Waals surface area contributed by atoms with Crippen LogP contribution in [-0.4, -0.2) is 9.31 Å². The number of hydrogen-bond donors (Lipinski definition) is 2. The van der Waals surface area contributed by atoms with Crippen molar-refractivity contribution in [3.8, 4) is 0 Å². The Hall–Kier alpha value is 0.330. The topological polar surface area (TPSA) is 12.0 Å². The third kappa shape index (κ3) is 6.33. The minimum absolute atomic E-state index is 0.424. The van der Waals surface area contributed by atoms with Crippen molar-refractivity contribution in [3.05, 3.63) is 0 Å². The number of rotatable bonds is 0. The van der Waals surface area contributed by atoms with Gasteiger partial charge in [0, 0.05) is 0 Å². The van der Waals surface area contributed by atoms with Gasteiger partial charge in [-0.25, -0.2) is 0 Å². The fourth-order valence-corrected chi connectivity index (χ4v) is 0.714. The average Bonchev–Trinajstić information content (AvgIpc) is 1.27. The summed E-state index contributed by atoms with van der Waals surface area (Å²) in [5.41, 5.74) is 0. The molecule has 0 aromatic rings. The van der Waals surface area contributed by atoms with Crippen molar-refractivity contribution in [2.45, 2.75) is 6.92 Å². The summed E-state index contributed by atoms with van der Waals surface area (Å²) in [6.07, 6.45) is 0. The Bertz CT molecular complexity index is 86.4. The summed E-state index contributed by atoms with van der Waals surface area (Å²) in [4.78, 5) is 0.653. The van der Waals surface area contributed by atoms with Gasteiger partial charge in [-0.3, -0.25) is 0 Å². The maximum Gasteiger partial charge on any atom is 0.135 e. The van der Waals surface area contributed by atoms with Crippen molar-refractivity contribution in [2.75, 3.05) is 0 Å². The molecule has 0 rings (SSSR count). The Morgan fingerprint density at radius 1 is 1.57 bits per heavy atom. The first-order valence-electron chi connectivity index (χ1n) is 1.63. The van der Waals surface area contributed by atoms with Crippen LogP contribution in [-0.2, 0) is 0 Å². The lowest BCUT2D eigenvalue weighted by atomic mass is 10.8. The molecule has 0 aliphatic rings. The third-order valence-corrected chi connectivity index (χ3v) is 0.599. The average molecular weight is 151 g/mol. The second kappa shape index (κ2) is 3.35. The van der Waals surface area contributed by atoms with E-state index < -0.39 is 0 Å². The van der Waals surface area contributed by atoms with E-state index >= 15 is 0 Å².